The first-order chi connectivity index (χ1) is 10.8. The zero-order chi connectivity index (χ0) is 15.4. The molecule has 0 saturated heterocycles. The molecule has 0 spiro atoms. The molecule has 114 valence electrons. The zero-order valence-electron chi connectivity index (χ0n) is 12.4. The smallest absolute Gasteiger partial charge is 0.221 e. The van der Waals surface area contributed by atoms with Crippen LogP contribution in [0.2, 0.25) is 0 Å². The van der Waals surface area contributed by atoms with Crippen molar-refractivity contribution in [2.75, 3.05) is 11.9 Å². The molecule has 2 aromatic rings. The van der Waals surface area contributed by atoms with Gasteiger partial charge in [0.2, 0.25) is 5.91 Å². The lowest BCUT2D eigenvalue weighted by atomic mass is 10.2. The second-order valence-electron chi connectivity index (χ2n) is 5.58. The van der Waals surface area contributed by atoms with Crippen molar-refractivity contribution in [2.45, 2.75) is 38.1 Å². The van der Waals surface area contributed by atoms with E-state index in [-0.39, 0.29) is 5.91 Å². The fourth-order valence-electron chi connectivity index (χ4n) is 2.89. The first-order valence-electron chi connectivity index (χ1n) is 7.68. The number of hydrogen-bond donors (Lipinski definition) is 2. The van der Waals surface area contributed by atoms with Crippen molar-refractivity contribution in [3.8, 4) is 6.07 Å². The molecule has 0 aromatic carbocycles. The molecule has 0 atom stereocenters. The molecular formula is C16H19N5O. The molecule has 0 aliphatic heterocycles. The van der Waals surface area contributed by atoms with Crippen LogP contribution in [-0.2, 0) is 4.79 Å². The Bertz CT molecular complexity index is 709. The highest BCUT2D eigenvalue weighted by atomic mass is 16.1. The van der Waals surface area contributed by atoms with Crippen LogP contribution in [0.3, 0.4) is 0 Å². The number of aromatic nitrogens is 2. The van der Waals surface area contributed by atoms with E-state index in [0.29, 0.717) is 30.5 Å². The summed E-state index contributed by atoms with van der Waals surface area (Å²) in [5.41, 5.74) is 1.18. The molecule has 22 heavy (non-hydrogen) atoms. The van der Waals surface area contributed by atoms with Gasteiger partial charge in [0.1, 0.15) is 11.7 Å². The number of nitrogens with one attached hydrogen (secondary N) is 2. The molecule has 1 aliphatic carbocycles. The third-order valence-corrected chi connectivity index (χ3v) is 4.00. The van der Waals surface area contributed by atoms with E-state index in [9.17, 15) is 10.1 Å². The molecule has 0 bridgehead atoms. The largest absolute Gasteiger partial charge is 0.367 e. The van der Waals surface area contributed by atoms with Crippen LogP contribution in [0.15, 0.2) is 24.4 Å². The molecule has 1 aliphatic rings. The zero-order valence-corrected chi connectivity index (χ0v) is 12.4. The number of nitriles is 1. The van der Waals surface area contributed by atoms with Crippen LogP contribution in [-0.4, -0.2) is 27.9 Å². The Morgan fingerprint density at radius 3 is 3.00 bits per heavy atom. The minimum atomic E-state index is 0.0571. The lowest BCUT2D eigenvalue weighted by Gasteiger charge is -2.11. The maximum Gasteiger partial charge on any atom is 0.221 e. The number of amides is 1. The van der Waals surface area contributed by atoms with Crippen LogP contribution in [0.25, 0.3) is 5.65 Å². The van der Waals surface area contributed by atoms with Gasteiger partial charge in [0.15, 0.2) is 11.5 Å². The van der Waals surface area contributed by atoms with Crippen LogP contribution >= 0.6 is 0 Å². The van der Waals surface area contributed by atoms with Crippen LogP contribution < -0.4 is 10.6 Å². The van der Waals surface area contributed by atoms with Crippen molar-refractivity contribution in [3.05, 3.63) is 30.1 Å². The van der Waals surface area contributed by atoms with E-state index in [0.717, 1.165) is 18.5 Å². The van der Waals surface area contributed by atoms with Gasteiger partial charge in [0.05, 0.1) is 0 Å². The lowest BCUT2D eigenvalue weighted by Crippen LogP contribution is -2.33. The van der Waals surface area contributed by atoms with Crippen molar-refractivity contribution >= 4 is 17.4 Å². The summed E-state index contributed by atoms with van der Waals surface area (Å²) in [7, 11) is 0. The minimum Gasteiger partial charge on any atom is -0.367 e. The number of pyridine rings is 1. The van der Waals surface area contributed by atoms with E-state index in [1.165, 1.54) is 12.8 Å². The van der Waals surface area contributed by atoms with Crippen molar-refractivity contribution in [1.29, 1.82) is 5.26 Å². The van der Waals surface area contributed by atoms with E-state index in [4.69, 9.17) is 0 Å². The summed E-state index contributed by atoms with van der Waals surface area (Å²) in [6.45, 7) is 0.469. The molecule has 3 rings (SSSR count). The monoisotopic (exact) mass is 297 g/mol. The number of anilines is 1. The Labute approximate surface area is 129 Å². The Morgan fingerprint density at radius 1 is 1.41 bits per heavy atom. The van der Waals surface area contributed by atoms with Gasteiger partial charge in [-0.15, -0.1) is 0 Å². The highest BCUT2D eigenvalue weighted by Crippen LogP contribution is 2.18. The molecule has 2 aromatic heterocycles. The van der Waals surface area contributed by atoms with Gasteiger partial charge in [-0.3, -0.25) is 9.20 Å². The normalized spacial score (nSPS) is 14.9. The number of fused-ring (bicyclic) bond motifs is 1. The highest BCUT2D eigenvalue weighted by molar-refractivity contribution is 5.77. The molecule has 6 nitrogen and oxygen atoms in total. The third kappa shape index (κ3) is 3.03. The second kappa shape index (κ2) is 6.48. The average Bonchev–Trinajstić information content (AvgIpc) is 3.14. The minimum absolute atomic E-state index is 0.0571. The molecule has 2 N–H and O–H groups in total. The number of carbonyl (C=O) groups is 1. The SMILES string of the molecule is N#Cc1c(NCCC(=O)NC2CCCC2)nc2ccccn12. The molecular weight excluding hydrogens is 278 g/mol. The van der Waals surface area contributed by atoms with Crippen LogP contribution in [0.1, 0.15) is 37.8 Å². The van der Waals surface area contributed by atoms with Gasteiger partial charge in [0.25, 0.3) is 0 Å². The van der Waals surface area contributed by atoms with Gasteiger partial charge in [-0.2, -0.15) is 5.26 Å². The number of imidazole rings is 1. The Morgan fingerprint density at radius 2 is 2.23 bits per heavy atom. The van der Waals surface area contributed by atoms with E-state index < -0.39 is 0 Å². The van der Waals surface area contributed by atoms with E-state index in [1.807, 2.05) is 18.2 Å². The molecule has 2 heterocycles. The van der Waals surface area contributed by atoms with Crippen molar-refractivity contribution < 1.29 is 4.79 Å². The fourth-order valence-corrected chi connectivity index (χ4v) is 2.89. The summed E-state index contributed by atoms with van der Waals surface area (Å²) in [6.07, 6.45) is 6.77. The predicted octanol–water partition coefficient (Wildman–Crippen LogP) is 2.07. The van der Waals surface area contributed by atoms with Gasteiger partial charge in [-0.05, 0) is 25.0 Å². The summed E-state index contributed by atoms with van der Waals surface area (Å²) >= 11 is 0. The summed E-state index contributed by atoms with van der Waals surface area (Å²) in [4.78, 5) is 16.3. The predicted molar refractivity (Wildman–Crippen MR) is 83.4 cm³/mol. The summed E-state index contributed by atoms with van der Waals surface area (Å²) in [5, 5.41) is 15.4. The summed E-state index contributed by atoms with van der Waals surface area (Å²) in [6, 6.07) is 8.08. The van der Waals surface area contributed by atoms with Gasteiger partial charge in [0, 0.05) is 25.2 Å². The van der Waals surface area contributed by atoms with Crippen LogP contribution in [0.4, 0.5) is 5.82 Å². The van der Waals surface area contributed by atoms with Gasteiger partial charge < -0.3 is 10.6 Å². The second-order valence-corrected chi connectivity index (χ2v) is 5.58. The molecule has 0 radical (unpaired) electrons. The Balaban J connectivity index is 1.57. The van der Waals surface area contributed by atoms with Crippen molar-refractivity contribution in [2.24, 2.45) is 0 Å². The van der Waals surface area contributed by atoms with Crippen LogP contribution in [0.5, 0.6) is 0 Å². The van der Waals surface area contributed by atoms with E-state index in [2.05, 4.69) is 21.7 Å². The van der Waals surface area contributed by atoms with Gasteiger partial charge in [-0.25, -0.2) is 4.98 Å². The topological polar surface area (TPSA) is 82.2 Å². The third-order valence-electron chi connectivity index (χ3n) is 4.00. The maximum atomic E-state index is 11.9. The molecule has 1 amide bonds. The molecule has 0 unspecified atom stereocenters. The Kier molecular flexibility index (Phi) is 4.24. The summed E-state index contributed by atoms with van der Waals surface area (Å²) in [5.74, 6) is 0.587. The fraction of sp³-hybridized carbons (Fsp3) is 0.438. The van der Waals surface area contributed by atoms with Gasteiger partial charge >= 0.3 is 0 Å². The standard InChI is InChI=1S/C16H19N5O/c17-11-13-16(20-14-7-3-4-10-21(13)14)18-9-8-15(22)19-12-5-1-2-6-12/h3-4,7,10,12,18H,1-2,5-6,8-9H2,(H,19,22). The first-order valence-corrected chi connectivity index (χ1v) is 7.68. The van der Waals surface area contributed by atoms with E-state index >= 15 is 0 Å². The number of hydrogen-bond acceptors (Lipinski definition) is 4. The van der Waals surface area contributed by atoms with Crippen LogP contribution in [0, 0.1) is 11.3 Å². The highest BCUT2D eigenvalue weighted by Gasteiger charge is 2.17. The van der Waals surface area contributed by atoms with Crippen molar-refractivity contribution in [1.82, 2.24) is 14.7 Å². The molecule has 1 saturated carbocycles. The molecule has 1 fully saturated rings. The number of carbonyl (C=O) groups excluding carboxylic acids is 1. The average molecular weight is 297 g/mol. The molecule has 6 heteroatoms. The summed E-state index contributed by atoms with van der Waals surface area (Å²) < 4.78 is 1.74. The first kappa shape index (κ1) is 14.4. The van der Waals surface area contributed by atoms with Crippen molar-refractivity contribution in [3.63, 3.8) is 0 Å². The van der Waals surface area contributed by atoms with E-state index in [1.54, 1.807) is 10.6 Å². The number of nitrogens with zero attached hydrogens (tertiary/aromatic N) is 3. The number of rotatable bonds is 5. The maximum absolute atomic E-state index is 11.9. The lowest BCUT2D eigenvalue weighted by molar-refractivity contribution is -0.121. The van der Waals surface area contributed by atoms with Gasteiger partial charge in [-0.1, -0.05) is 18.9 Å². The quantitative estimate of drug-likeness (QED) is 0.885. The Hall–Kier alpha value is -2.55.